The van der Waals surface area contributed by atoms with Crippen LogP contribution in [-0.2, 0) is 19.4 Å². The summed E-state index contributed by atoms with van der Waals surface area (Å²) in [5.74, 6) is 0.636. The number of thioether (sulfide) groups is 1. The zero-order chi connectivity index (χ0) is 14.5. The summed E-state index contributed by atoms with van der Waals surface area (Å²) in [4.78, 5) is 15.8. The molecule has 0 saturated heterocycles. The van der Waals surface area contributed by atoms with Crippen LogP contribution in [0.2, 0.25) is 0 Å². The van der Waals surface area contributed by atoms with Crippen molar-refractivity contribution in [1.82, 2.24) is 14.9 Å². The number of carbonyl (C=O) groups excluding carboxylic acids is 1. The quantitative estimate of drug-likeness (QED) is 0.821. The first-order valence-corrected chi connectivity index (χ1v) is 7.19. The normalized spacial score (nSPS) is 10.6. The van der Waals surface area contributed by atoms with Crippen molar-refractivity contribution in [2.45, 2.75) is 17.5 Å². The van der Waals surface area contributed by atoms with Gasteiger partial charge in [0.25, 0.3) is 5.91 Å². The maximum Gasteiger partial charge on any atom is 0.251 e. The van der Waals surface area contributed by atoms with E-state index in [0.717, 1.165) is 22.2 Å². The van der Waals surface area contributed by atoms with Gasteiger partial charge in [-0.15, -0.1) is 0 Å². The van der Waals surface area contributed by atoms with E-state index in [-0.39, 0.29) is 12.5 Å². The van der Waals surface area contributed by atoms with Gasteiger partial charge in [-0.25, -0.2) is 4.98 Å². The van der Waals surface area contributed by atoms with Crippen LogP contribution in [0.1, 0.15) is 21.6 Å². The number of rotatable bonds is 5. The molecule has 106 valence electrons. The van der Waals surface area contributed by atoms with Crippen molar-refractivity contribution in [3.63, 3.8) is 0 Å². The number of nitrogens with one attached hydrogen (secondary N) is 1. The summed E-state index contributed by atoms with van der Waals surface area (Å²) in [6.07, 6.45) is 1.67. The fourth-order valence-corrected chi connectivity index (χ4v) is 2.71. The first kappa shape index (κ1) is 14.6. The molecule has 0 saturated carbocycles. The molecule has 0 aliphatic heterocycles. The largest absolute Gasteiger partial charge is 0.390 e. The van der Waals surface area contributed by atoms with Gasteiger partial charge in [0.05, 0.1) is 18.5 Å². The third-order valence-corrected chi connectivity index (χ3v) is 4.10. The Morgan fingerprint density at radius 1 is 1.50 bits per heavy atom. The van der Waals surface area contributed by atoms with Gasteiger partial charge in [-0.3, -0.25) is 4.79 Å². The lowest BCUT2D eigenvalue weighted by molar-refractivity contribution is 0.0963. The summed E-state index contributed by atoms with van der Waals surface area (Å²) in [7, 11) is 3.50. The zero-order valence-electron chi connectivity index (χ0n) is 11.5. The lowest BCUT2D eigenvalue weighted by atomic mass is 10.1. The van der Waals surface area contributed by atoms with E-state index in [4.69, 9.17) is 5.11 Å². The molecule has 0 unspecified atom stereocenters. The Morgan fingerprint density at radius 2 is 2.30 bits per heavy atom. The van der Waals surface area contributed by atoms with Crippen LogP contribution in [-0.4, -0.2) is 27.6 Å². The van der Waals surface area contributed by atoms with E-state index in [1.807, 2.05) is 29.8 Å². The second-order valence-electron chi connectivity index (χ2n) is 4.32. The van der Waals surface area contributed by atoms with E-state index in [9.17, 15) is 4.79 Å². The van der Waals surface area contributed by atoms with Crippen LogP contribution in [0.15, 0.2) is 35.6 Å². The Kier molecular flexibility index (Phi) is 4.81. The number of hydrogen-bond acceptors (Lipinski definition) is 4. The molecule has 0 spiro atoms. The van der Waals surface area contributed by atoms with Crippen molar-refractivity contribution in [3.05, 3.63) is 47.3 Å². The van der Waals surface area contributed by atoms with Gasteiger partial charge < -0.3 is 15.0 Å². The van der Waals surface area contributed by atoms with Gasteiger partial charge in [-0.05, 0) is 17.7 Å². The summed E-state index contributed by atoms with van der Waals surface area (Å²) in [5.41, 5.74) is 2.50. The highest BCUT2D eigenvalue weighted by atomic mass is 32.2. The van der Waals surface area contributed by atoms with Gasteiger partial charge >= 0.3 is 0 Å². The molecule has 0 aliphatic rings. The molecule has 2 aromatic rings. The van der Waals surface area contributed by atoms with Crippen molar-refractivity contribution in [2.75, 3.05) is 7.05 Å². The Hall–Kier alpha value is -1.79. The molecule has 0 aliphatic carbocycles. The van der Waals surface area contributed by atoms with Crippen LogP contribution in [0, 0.1) is 0 Å². The number of hydrogen-bond donors (Lipinski definition) is 2. The first-order chi connectivity index (χ1) is 9.65. The molecule has 1 amide bonds. The molecule has 2 N–H and O–H groups in total. The standard InChI is InChI=1S/C14H17N3O2S/c1-15-13(19)11-5-3-4-10(6-11)9-20-14-16-7-12(8-18)17(14)2/h3-7,18H,8-9H2,1-2H3,(H,15,19). The second-order valence-corrected chi connectivity index (χ2v) is 5.26. The topological polar surface area (TPSA) is 67.2 Å². The summed E-state index contributed by atoms with van der Waals surface area (Å²) in [5, 5.41) is 12.6. The highest BCUT2D eigenvalue weighted by Gasteiger charge is 2.08. The van der Waals surface area contributed by atoms with E-state index < -0.39 is 0 Å². The lowest BCUT2D eigenvalue weighted by Gasteiger charge is -2.05. The lowest BCUT2D eigenvalue weighted by Crippen LogP contribution is -2.17. The molecule has 1 heterocycles. The number of aliphatic hydroxyl groups excluding tert-OH is 1. The monoisotopic (exact) mass is 291 g/mol. The van der Waals surface area contributed by atoms with E-state index in [1.165, 1.54) is 0 Å². The Labute approximate surface area is 122 Å². The van der Waals surface area contributed by atoms with Gasteiger partial charge in [-0.2, -0.15) is 0 Å². The van der Waals surface area contributed by atoms with Gasteiger partial charge in [0.15, 0.2) is 5.16 Å². The van der Waals surface area contributed by atoms with Gasteiger partial charge in [0, 0.05) is 25.4 Å². The minimum atomic E-state index is -0.0867. The number of aliphatic hydroxyl groups is 1. The molecule has 0 radical (unpaired) electrons. The third kappa shape index (κ3) is 3.20. The Bertz CT molecular complexity index is 610. The molecule has 1 aromatic carbocycles. The molecular weight excluding hydrogens is 274 g/mol. The van der Waals surface area contributed by atoms with Crippen LogP contribution >= 0.6 is 11.8 Å². The van der Waals surface area contributed by atoms with E-state index in [0.29, 0.717) is 5.56 Å². The Balaban J connectivity index is 2.07. The summed E-state index contributed by atoms with van der Waals surface area (Å²) < 4.78 is 1.87. The zero-order valence-corrected chi connectivity index (χ0v) is 12.3. The van der Waals surface area contributed by atoms with Crippen molar-refractivity contribution in [1.29, 1.82) is 0 Å². The van der Waals surface area contributed by atoms with Crippen LogP contribution in [0.4, 0.5) is 0 Å². The third-order valence-electron chi connectivity index (χ3n) is 2.99. The smallest absolute Gasteiger partial charge is 0.251 e. The second kappa shape index (κ2) is 6.58. The van der Waals surface area contributed by atoms with E-state index in [1.54, 1.807) is 31.1 Å². The van der Waals surface area contributed by atoms with Crippen LogP contribution in [0.25, 0.3) is 0 Å². The molecule has 1 aromatic heterocycles. The minimum absolute atomic E-state index is 0.0176. The van der Waals surface area contributed by atoms with E-state index >= 15 is 0 Å². The predicted molar refractivity (Wildman–Crippen MR) is 78.5 cm³/mol. The summed E-state index contributed by atoms with van der Waals surface area (Å²) in [6.45, 7) is -0.0176. The number of amides is 1. The average Bonchev–Trinajstić information content (AvgIpc) is 2.85. The average molecular weight is 291 g/mol. The maximum absolute atomic E-state index is 11.6. The van der Waals surface area contributed by atoms with Crippen molar-refractivity contribution in [3.8, 4) is 0 Å². The highest BCUT2D eigenvalue weighted by molar-refractivity contribution is 7.98. The number of aromatic nitrogens is 2. The van der Waals surface area contributed by atoms with Crippen LogP contribution < -0.4 is 5.32 Å². The fraction of sp³-hybridized carbons (Fsp3) is 0.286. The molecule has 6 heteroatoms. The first-order valence-electron chi connectivity index (χ1n) is 6.21. The number of benzene rings is 1. The fourth-order valence-electron chi connectivity index (χ4n) is 1.80. The van der Waals surface area contributed by atoms with Crippen molar-refractivity contribution >= 4 is 17.7 Å². The molecule has 2 rings (SSSR count). The van der Waals surface area contributed by atoms with Crippen molar-refractivity contribution < 1.29 is 9.90 Å². The molecule has 0 bridgehead atoms. The van der Waals surface area contributed by atoms with E-state index in [2.05, 4.69) is 10.3 Å². The SMILES string of the molecule is CNC(=O)c1cccc(CSc2ncc(CO)n2C)c1. The predicted octanol–water partition coefficient (Wildman–Crippen LogP) is 1.56. The molecular formula is C14H17N3O2S. The van der Waals surface area contributed by atoms with Crippen molar-refractivity contribution in [2.24, 2.45) is 7.05 Å². The minimum Gasteiger partial charge on any atom is -0.390 e. The number of carbonyl (C=O) groups is 1. The number of nitrogens with zero attached hydrogens (tertiary/aromatic N) is 2. The van der Waals surface area contributed by atoms with Gasteiger partial charge in [-0.1, -0.05) is 23.9 Å². The van der Waals surface area contributed by atoms with Crippen LogP contribution in [0.3, 0.4) is 0 Å². The van der Waals surface area contributed by atoms with Gasteiger partial charge in [0.2, 0.25) is 0 Å². The van der Waals surface area contributed by atoms with Gasteiger partial charge in [0.1, 0.15) is 0 Å². The Morgan fingerprint density at radius 3 is 2.95 bits per heavy atom. The molecule has 0 atom stereocenters. The summed E-state index contributed by atoms with van der Waals surface area (Å²) >= 11 is 1.57. The molecule has 5 nitrogen and oxygen atoms in total. The number of imidazole rings is 1. The highest BCUT2D eigenvalue weighted by Crippen LogP contribution is 2.22. The van der Waals surface area contributed by atoms with Crippen LogP contribution in [0.5, 0.6) is 0 Å². The maximum atomic E-state index is 11.6. The molecule has 20 heavy (non-hydrogen) atoms. The molecule has 0 fully saturated rings. The summed E-state index contributed by atoms with van der Waals surface area (Å²) in [6, 6.07) is 7.52.